The normalized spacial score (nSPS) is 15.3. The Bertz CT molecular complexity index is 1020. The van der Waals surface area contributed by atoms with Crippen molar-refractivity contribution >= 4 is 40.7 Å². The van der Waals surface area contributed by atoms with E-state index in [1.807, 2.05) is 0 Å². The number of nitrogens with zero attached hydrogens (tertiary/aromatic N) is 3. The number of thiocarbonyl (C=S) groups is 1. The summed E-state index contributed by atoms with van der Waals surface area (Å²) in [6.45, 7) is 0. The number of anilines is 1. The summed E-state index contributed by atoms with van der Waals surface area (Å²) in [5.74, 6) is -3.67. The molecule has 1 aromatic heterocycles. The zero-order valence-electron chi connectivity index (χ0n) is 16.1. The summed E-state index contributed by atoms with van der Waals surface area (Å²) < 4.78 is 43.1. The first-order chi connectivity index (χ1) is 14.5. The van der Waals surface area contributed by atoms with Crippen LogP contribution in [0.4, 0.5) is 18.9 Å². The van der Waals surface area contributed by atoms with Crippen LogP contribution in [0.5, 0.6) is 11.6 Å². The minimum Gasteiger partial charge on any atom is -0.439 e. The predicted molar refractivity (Wildman–Crippen MR) is 106 cm³/mol. The van der Waals surface area contributed by atoms with Crippen LogP contribution in [0, 0.1) is 5.92 Å². The third-order valence-electron chi connectivity index (χ3n) is 4.40. The summed E-state index contributed by atoms with van der Waals surface area (Å²) in [5, 5.41) is 2.47. The van der Waals surface area contributed by atoms with E-state index in [-0.39, 0.29) is 22.4 Å². The Morgan fingerprint density at radius 3 is 2.13 bits per heavy atom. The van der Waals surface area contributed by atoms with Crippen LogP contribution >= 0.6 is 12.2 Å². The van der Waals surface area contributed by atoms with Gasteiger partial charge in [-0.2, -0.15) is 13.2 Å². The van der Waals surface area contributed by atoms with E-state index in [0.29, 0.717) is 6.20 Å². The molecule has 3 rings (SSSR count). The number of rotatable bonds is 4. The lowest BCUT2D eigenvalue weighted by Crippen LogP contribution is -2.59. The van der Waals surface area contributed by atoms with Gasteiger partial charge in [-0.05, 0) is 42.5 Å². The second-order valence-electron chi connectivity index (χ2n) is 6.51. The number of benzene rings is 1. The Labute approximate surface area is 179 Å². The second-order valence-corrected chi connectivity index (χ2v) is 6.87. The summed E-state index contributed by atoms with van der Waals surface area (Å²) >= 11 is 4.97. The Morgan fingerprint density at radius 1 is 1.06 bits per heavy atom. The number of aromatic nitrogens is 1. The average molecular weight is 452 g/mol. The molecule has 1 aliphatic heterocycles. The number of ether oxygens (including phenoxy) is 1. The number of hydrogen-bond donors (Lipinski definition) is 1. The molecule has 0 atom stereocenters. The third-order valence-corrected chi connectivity index (χ3v) is 4.95. The van der Waals surface area contributed by atoms with Gasteiger partial charge in [0, 0.05) is 32.0 Å². The second kappa shape index (κ2) is 8.30. The summed E-state index contributed by atoms with van der Waals surface area (Å²) in [5.41, 5.74) is -0.626. The van der Waals surface area contributed by atoms with E-state index in [1.165, 1.54) is 38.4 Å². The van der Waals surface area contributed by atoms with E-state index >= 15 is 0 Å². The molecular weight excluding hydrogens is 437 g/mol. The number of pyridine rings is 1. The third kappa shape index (κ3) is 4.63. The van der Waals surface area contributed by atoms with Crippen molar-refractivity contribution in [3.8, 4) is 11.6 Å². The van der Waals surface area contributed by atoms with E-state index < -0.39 is 35.4 Å². The summed E-state index contributed by atoms with van der Waals surface area (Å²) in [7, 11) is 2.74. The van der Waals surface area contributed by atoms with Gasteiger partial charge in [-0.25, -0.2) is 4.98 Å². The molecule has 0 unspecified atom stereocenters. The van der Waals surface area contributed by atoms with E-state index in [0.717, 1.165) is 21.9 Å². The minimum absolute atomic E-state index is 0.00238. The number of alkyl halides is 3. The number of halogens is 3. The van der Waals surface area contributed by atoms with Gasteiger partial charge in [-0.3, -0.25) is 24.2 Å². The number of hydrogen-bond acceptors (Lipinski definition) is 6. The molecule has 0 aliphatic carbocycles. The number of carbonyl (C=O) groups excluding carboxylic acids is 3. The summed E-state index contributed by atoms with van der Waals surface area (Å²) in [6.07, 6.45) is -3.84. The molecule has 0 saturated carbocycles. The molecule has 2 aromatic rings. The van der Waals surface area contributed by atoms with Gasteiger partial charge >= 0.3 is 6.18 Å². The van der Waals surface area contributed by atoms with Crippen LogP contribution in [0.25, 0.3) is 0 Å². The molecule has 0 bridgehead atoms. The van der Waals surface area contributed by atoms with Crippen molar-refractivity contribution < 1.29 is 32.3 Å². The molecule has 162 valence electrons. The molecule has 1 aliphatic rings. The molecule has 1 saturated heterocycles. The minimum atomic E-state index is -4.50. The number of carbonyl (C=O) groups is 3. The highest BCUT2D eigenvalue weighted by atomic mass is 32.1. The Hall–Kier alpha value is -3.54. The van der Waals surface area contributed by atoms with Crippen LogP contribution in [0.2, 0.25) is 0 Å². The van der Waals surface area contributed by atoms with Crippen LogP contribution in [0.15, 0.2) is 42.6 Å². The van der Waals surface area contributed by atoms with Gasteiger partial charge in [0.2, 0.25) is 11.8 Å². The molecule has 1 fully saturated rings. The molecule has 12 heteroatoms. The van der Waals surface area contributed by atoms with Gasteiger partial charge < -0.3 is 10.1 Å². The highest BCUT2D eigenvalue weighted by Crippen LogP contribution is 2.30. The van der Waals surface area contributed by atoms with Gasteiger partial charge in [-0.1, -0.05) is 0 Å². The lowest BCUT2D eigenvalue weighted by atomic mass is 10.0. The molecule has 31 heavy (non-hydrogen) atoms. The largest absolute Gasteiger partial charge is 0.439 e. The van der Waals surface area contributed by atoms with Crippen LogP contribution in [-0.4, -0.2) is 51.7 Å². The SMILES string of the molecule is CN1C(=O)C(C(=O)Nc2ccc(Oc3ccc(C(F)(F)F)cn3)cc2)C(=O)N(C)C1=S. The lowest BCUT2D eigenvalue weighted by Gasteiger charge is -2.34. The van der Waals surface area contributed by atoms with Gasteiger partial charge in [0.1, 0.15) is 5.75 Å². The molecule has 1 N–H and O–H groups in total. The van der Waals surface area contributed by atoms with Crippen LogP contribution in [0.1, 0.15) is 5.56 Å². The van der Waals surface area contributed by atoms with E-state index in [1.54, 1.807) is 0 Å². The summed E-state index contributed by atoms with van der Waals surface area (Å²) in [4.78, 5) is 42.8. The van der Waals surface area contributed by atoms with E-state index in [4.69, 9.17) is 17.0 Å². The summed E-state index contributed by atoms with van der Waals surface area (Å²) in [6, 6.07) is 7.67. The topological polar surface area (TPSA) is 91.8 Å². The molecule has 3 amide bonds. The molecule has 8 nitrogen and oxygen atoms in total. The van der Waals surface area contributed by atoms with Crippen LogP contribution in [-0.2, 0) is 20.6 Å². The molecule has 0 radical (unpaired) electrons. The maximum atomic E-state index is 12.6. The highest BCUT2D eigenvalue weighted by Gasteiger charge is 2.45. The maximum absolute atomic E-state index is 12.6. The van der Waals surface area contributed by atoms with Gasteiger partial charge in [0.25, 0.3) is 11.8 Å². The zero-order valence-corrected chi connectivity index (χ0v) is 17.0. The van der Waals surface area contributed by atoms with E-state index in [2.05, 4.69) is 10.3 Å². The Balaban J connectivity index is 1.66. The first-order valence-electron chi connectivity index (χ1n) is 8.70. The average Bonchev–Trinajstić information content (AvgIpc) is 2.72. The fourth-order valence-corrected chi connectivity index (χ4v) is 2.86. The quantitative estimate of drug-likeness (QED) is 0.567. The standard InChI is InChI=1S/C19H15F3N4O4S/c1-25-16(28)14(17(29)26(2)18(25)31)15(27)24-11-4-6-12(7-5-11)30-13-8-3-10(9-23-13)19(20,21)22/h3-9,14H,1-2H3,(H,24,27). The van der Waals surface area contributed by atoms with Gasteiger partial charge in [0.05, 0.1) is 5.56 Å². The fraction of sp³-hybridized carbons (Fsp3) is 0.211. The molecular formula is C19H15F3N4O4S. The van der Waals surface area contributed by atoms with Crippen molar-refractivity contribution in [1.29, 1.82) is 0 Å². The monoisotopic (exact) mass is 452 g/mol. The van der Waals surface area contributed by atoms with Crippen LogP contribution < -0.4 is 10.1 Å². The first kappa shape index (κ1) is 22.2. The van der Waals surface area contributed by atoms with Crippen molar-refractivity contribution in [1.82, 2.24) is 14.8 Å². The predicted octanol–water partition coefficient (Wildman–Crippen LogP) is 2.66. The van der Waals surface area contributed by atoms with Gasteiger partial charge in [0.15, 0.2) is 11.0 Å². The Kier molecular flexibility index (Phi) is 5.93. The van der Waals surface area contributed by atoms with Crippen molar-refractivity contribution in [2.45, 2.75) is 6.18 Å². The molecule has 0 spiro atoms. The molecule has 1 aromatic carbocycles. The molecule has 2 heterocycles. The van der Waals surface area contributed by atoms with Gasteiger partial charge in [-0.15, -0.1) is 0 Å². The zero-order chi connectivity index (χ0) is 22.9. The van der Waals surface area contributed by atoms with Crippen molar-refractivity contribution in [2.75, 3.05) is 19.4 Å². The Morgan fingerprint density at radius 2 is 1.65 bits per heavy atom. The number of nitrogens with one attached hydrogen (secondary N) is 1. The van der Waals surface area contributed by atoms with E-state index in [9.17, 15) is 27.6 Å². The first-order valence-corrected chi connectivity index (χ1v) is 9.11. The van der Waals surface area contributed by atoms with Crippen molar-refractivity contribution in [2.24, 2.45) is 5.92 Å². The highest BCUT2D eigenvalue weighted by molar-refractivity contribution is 7.80. The van der Waals surface area contributed by atoms with Crippen LogP contribution in [0.3, 0.4) is 0 Å². The van der Waals surface area contributed by atoms with Crippen molar-refractivity contribution in [3.63, 3.8) is 0 Å². The maximum Gasteiger partial charge on any atom is 0.417 e. The fourth-order valence-electron chi connectivity index (χ4n) is 2.68. The number of amides is 3. The smallest absolute Gasteiger partial charge is 0.417 e. The lowest BCUT2D eigenvalue weighted by molar-refractivity contribution is -0.149. The van der Waals surface area contributed by atoms with Crippen molar-refractivity contribution in [3.05, 3.63) is 48.2 Å².